The quantitative estimate of drug-likeness (QED) is 0.862. The molecule has 7 nitrogen and oxygen atoms in total. The number of carboxylic acid groups (broad SMARTS) is 1. The van der Waals surface area contributed by atoms with Crippen LogP contribution in [0.15, 0.2) is 18.3 Å². The molecule has 0 aromatic carbocycles. The van der Waals surface area contributed by atoms with Crippen molar-refractivity contribution in [3.8, 4) is 0 Å². The molecule has 0 atom stereocenters. The lowest BCUT2D eigenvalue weighted by atomic mass is 10.2. The van der Waals surface area contributed by atoms with Gasteiger partial charge >= 0.3 is 5.97 Å². The van der Waals surface area contributed by atoms with Crippen LogP contribution in [-0.2, 0) is 0 Å². The fourth-order valence-corrected chi connectivity index (χ4v) is 1.73. The van der Waals surface area contributed by atoms with Crippen LogP contribution in [0.5, 0.6) is 0 Å². The normalized spacial score (nSPS) is 10.1. The topological polar surface area (TPSA) is 105 Å². The van der Waals surface area contributed by atoms with Gasteiger partial charge in [0.15, 0.2) is 0 Å². The predicted octanol–water partition coefficient (Wildman–Crippen LogP) is 1.19. The lowest BCUT2D eigenvalue weighted by Crippen LogP contribution is -2.14. The van der Waals surface area contributed by atoms with Gasteiger partial charge in [0.1, 0.15) is 11.5 Å². The monoisotopic (exact) mass is 264 g/mol. The zero-order chi connectivity index (χ0) is 13.1. The Bertz CT molecular complexity index is 593. The second-order valence-electron chi connectivity index (χ2n) is 3.34. The highest BCUT2D eigenvalue weighted by Gasteiger charge is 2.11. The van der Waals surface area contributed by atoms with E-state index in [1.807, 2.05) is 0 Å². The first-order valence-corrected chi connectivity index (χ1v) is 5.64. The first-order valence-electron chi connectivity index (χ1n) is 4.87. The zero-order valence-electron chi connectivity index (χ0n) is 9.25. The number of carboxylic acids is 1. The van der Waals surface area contributed by atoms with Gasteiger partial charge in [-0.2, -0.15) is 4.37 Å². The number of anilines is 1. The van der Waals surface area contributed by atoms with Gasteiger partial charge in [0, 0.05) is 17.7 Å². The van der Waals surface area contributed by atoms with Crippen LogP contribution < -0.4 is 5.32 Å². The Kier molecular flexibility index (Phi) is 3.28. The molecule has 0 saturated carbocycles. The summed E-state index contributed by atoms with van der Waals surface area (Å²) in [4.78, 5) is 30.1. The first-order chi connectivity index (χ1) is 8.56. The molecule has 0 radical (unpaired) electrons. The summed E-state index contributed by atoms with van der Waals surface area (Å²) in [7, 11) is 0. The van der Waals surface area contributed by atoms with Gasteiger partial charge in [-0.1, -0.05) is 0 Å². The average Bonchev–Trinajstić information content (AvgIpc) is 2.75. The SMILES string of the molecule is Cc1nsc(NC(=O)c2ccc(C(=O)O)cn2)n1. The van der Waals surface area contributed by atoms with E-state index in [1.165, 1.54) is 12.1 Å². The summed E-state index contributed by atoms with van der Waals surface area (Å²) < 4.78 is 3.92. The molecule has 1 amide bonds. The van der Waals surface area contributed by atoms with Gasteiger partial charge in [0.25, 0.3) is 5.91 Å². The van der Waals surface area contributed by atoms with Crippen LogP contribution in [-0.4, -0.2) is 31.3 Å². The molecule has 0 aliphatic heterocycles. The van der Waals surface area contributed by atoms with E-state index in [-0.39, 0.29) is 11.3 Å². The van der Waals surface area contributed by atoms with Gasteiger partial charge in [-0.25, -0.2) is 9.78 Å². The molecule has 0 bridgehead atoms. The largest absolute Gasteiger partial charge is 0.478 e. The molecule has 2 aromatic rings. The number of aromatic nitrogens is 3. The van der Waals surface area contributed by atoms with E-state index < -0.39 is 11.9 Å². The van der Waals surface area contributed by atoms with Gasteiger partial charge in [-0.05, 0) is 19.1 Å². The van der Waals surface area contributed by atoms with E-state index in [0.717, 1.165) is 17.7 Å². The van der Waals surface area contributed by atoms with E-state index >= 15 is 0 Å². The molecule has 0 unspecified atom stereocenters. The third-order valence-corrected chi connectivity index (χ3v) is 2.71. The van der Waals surface area contributed by atoms with Crippen LogP contribution in [0.3, 0.4) is 0 Å². The lowest BCUT2D eigenvalue weighted by Gasteiger charge is -2.00. The number of rotatable bonds is 3. The number of hydrogen-bond donors (Lipinski definition) is 2. The molecule has 0 aliphatic rings. The fraction of sp³-hybridized carbons (Fsp3) is 0.100. The van der Waals surface area contributed by atoms with Crippen LogP contribution in [0, 0.1) is 6.92 Å². The van der Waals surface area contributed by atoms with Crippen molar-refractivity contribution in [2.45, 2.75) is 6.92 Å². The number of hydrogen-bond acceptors (Lipinski definition) is 6. The minimum absolute atomic E-state index is 0.0262. The van der Waals surface area contributed by atoms with Crippen LogP contribution in [0.4, 0.5) is 5.13 Å². The Morgan fingerprint density at radius 2 is 2.17 bits per heavy atom. The Morgan fingerprint density at radius 3 is 2.67 bits per heavy atom. The molecule has 92 valence electrons. The summed E-state index contributed by atoms with van der Waals surface area (Å²) in [5, 5.41) is 11.6. The molecule has 2 N–H and O–H groups in total. The Balaban J connectivity index is 2.11. The summed E-state index contributed by atoms with van der Waals surface area (Å²) in [6.07, 6.45) is 1.13. The van der Waals surface area contributed by atoms with Gasteiger partial charge in [-0.3, -0.25) is 15.1 Å². The van der Waals surface area contributed by atoms with Crippen LogP contribution in [0.25, 0.3) is 0 Å². The number of amides is 1. The molecule has 0 saturated heterocycles. The molecule has 2 rings (SSSR count). The number of carbonyl (C=O) groups excluding carboxylic acids is 1. The number of carbonyl (C=O) groups is 2. The van der Waals surface area contributed by atoms with Crippen LogP contribution in [0.1, 0.15) is 26.7 Å². The highest BCUT2D eigenvalue weighted by molar-refractivity contribution is 7.09. The highest BCUT2D eigenvalue weighted by atomic mass is 32.1. The second-order valence-corrected chi connectivity index (χ2v) is 4.09. The number of nitrogens with zero attached hydrogens (tertiary/aromatic N) is 3. The fourth-order valence-electron chi connectivity index (χ4n) is 1.16. The Morgan fingerprint density at radius 1 is 1.39 bits per heavy atom. The van der Waals surface area contributed by atoms with E-state index in [4.69, 9.17) is 5.11 Å². The standard InChI is InChI=1S/C10H8N4O3S/c1-5-12-10(18-14-5)13-8(15)7-3-2-6(4-11-7)9(16)17/h2-4H,1H3,(H,16,17)(H,12,13,14,15). The maximum absolute atomic E-state index is 11.7. The second kappa shape index (κ2) is 4.88. The minimum Gasteiger partial charge on any atom is -0.478 e. The number of aromatic carboxylic acids is 1. The first kappa shape index (κ1) is 12.1. The van der Waals surface area contributed by atoms with Crippen molar-refractivity contribution in [1.29, 1.82) is 0 Å². The molecular formula is C10H8N4O3S. The third-order valence-electron chi connectivity index (χ3n) is 1.99. The van der Waals surface area contributed by atoms with Crippen LogP contribution in [0.2, 0.25) is 0 Å². The van der Waals surface area contributed by atoms with Crippen molar-refractivity contribution < 1.29 is 14.7 Å². The predicted molar refractivity (Wildman–Crippen MR) is 63.8 cm³/mol. The number of pyridine rings is 1. The number of aryl methyl sites for hydroxylation is 1. The highest BCUT2D eigenvalue weighted by Crippen LogP contribution is 2.11. The summed E-state index contributed by atoms with van der Waals surface area (Å²) >= 11 is 1.07. The van der Waals surface area contributed by atoms with E-state index in [0.29, 0.717) is 11.0 Å². The molecular weight excluding hydrogens is 256 g/mol. The molecule has 0 spiro atoms. The van der Waals surface area contributed by atoms with Gasteiger partial charge < -0.3 is 5.11 Å². The smallest absolute Gasteiger partial charge is 0.337 e. The molecule has 8 heteroatoms. The van der Waals surface area contributed by atoms with Gasteiger partial charge in [-0.15, -0.1) is 0 Å². The van der Waals surface area contributed by atoms with Crippen molar-refractivity contribution in [3.05, 3.63) is 35.4 Å². The van der Waals surface area contributed by atoms with Gasteiger partial charge in [0.2, 0.25) is 5.13 Å². The van der Waals surface area contributed by atoms with Crippen LogP contribution >= 0.6 is 11.5 Å². The van der Waals surface area contributed by atoms with E-state index in [1.54, 1.807) is 6.92 Å². The molecule has 0 fully saturated rings. The summed E-state index contributed by atoms with van der Waals surface area (Å²) in [5.74, 6) is -0.971. The summed E-state index contributed by atoms with van der Waals surface area (Å²) in [6, 6.07) is 2.66. The zero-order valence-corrected chi connectivity index (χ0v) is 10.1. The Hall–Kier alpha value is -2.35. The lowest BCUT2D eigenvalue weighted by molar-refractivity contribution is 0.0696. The van der Waals surface area contributed by atoms with Crippen molar-refractivity contribution in [1.82, 2.24) is 14.3 Å². The van der Waals surface area contributed by atoms with Crippen molar-refractivity contribution >= 4 is 28.5 Å². The summed E-state index contributed by atoms with van der Waals surface area (Å²) in [5.41, 5.74) is 0.145. The van der Waals surface area contributed by atoms with E-state index in [2.05, 4.69) is 19.7 Å². The third kappa shape index (κ3) is 2.66. The van der Waals surface area contributed by atoms with E-state index in [9.17, 15) is 9.59 Å². The molecule has 2 heterocycles. The molecule has 0 aliphatic carbocycles. The molecule has 2 aromatic heterocycles. The average molecular weight is 264 g/mol. The molecule has 18 heavy (non-hydrogen) atoms. The van der Waals surface area contributed by atoms with Crippen molar-refractivity contribution in [3.63, 3.8) is 0 Å². The Labute approximate surface area is 106 Å². The van der Waals surface area contributed by atoms with Crippen molar-refractivity contribution in [2.24, 2.45) is 0 Å². The van der Waals surface area contributed by atoms with Gasteiger partial charge in [0.05, 0.1) is 5.56 Å². The minimum atomic E-state index is -1.09. The maximum atomic E-state index is 11.7. The van der Waals surface area contributed by atoms with Crippen molar-refractivity contribution in [2.75, 3.05) is 5.32 Å². The maximum Gasteiger partial charge on any atom is 0.337 e. The summed E-state index contributed by atoms with van der Waals surface area (Å²) in [6.45, 7) is 1.71. The number of nitrogens with one attached hydrogen (secondary N) is 1.